The zero-order chi connectivity index (χ0) is 18.5. The molecule has 26 heavy (non-hydrogen) atoms. The van der Waals surface area contributed by atoms with E-state index < -0.39 is 16.0 Å². The number of carbonyl (C=O) groups excluding carboxylic acids is 1. The van der Waals surface area contributed by atoms with Crippen molar-refractivity contribution in [2.75, 3.05) is 19.0 Å². The minimum atomic E-state index is -3.88. The Morgan fingerprint density at radius 3 is 2.77 bits per heavy atom. The monoisotopic (exact) mass is 372 g/mol. The molecule has 3 atom stereocenters. The van der Waals surface area contributed by atoms with Crippen LogP contribution in [0.5, 0.6) is 0 Å². The number of nitrogens with one attached hydrogen (secondary N) is 1. The lowest BCUT2D eigenvalue weighted by molar-refractivity contribution is 0.0601. The highest BCUT2D eigenvalue weighted by atomic mass is 32.2. The van der Waals surface area contributed by atoms with Crippen molar-refractivity contribution in [2.45, 2.75) is 17.2 Å². The maximum atomic E-state index is 12.0. The first-order chi connectivity index (χ1) is 12.4. The van der Waals surface area contributed by atoms with Crippen LogP contribution in [0.2, 0.25) is 0 Å². The number of hydrogen-bond donors (Lipinski definition) is 2. The fourth-order valence-corrected chi connectivity index (χ4v) is 4.66. The molecule has 136 valence electrons. The number of carbonyl (C=O) groups is 1. The molecule has 2 aromatic rings. The minimum absolute atomic E-state index is 0.110. The van der Waals surface area contributed by atoms with Crippen LogP contribution in [0.15, 0.2) is 47.4 Å². The Labute approximate surface area is 152 Å². The Morgan fingerprint density at radius 1 is 1.27 bits per heavy atom. The summed E-state index contributed by atoms with van der Waals surface area (Å²) in [7, 11) is -2.62. The summed E-state index contributed by atoms with van der Waals surface area (Å²) in [4.78, 5) is 11.9. The maximum absolute atomic E-state index is 12.0. The molecule has 0 saturated heterocycles. The third-order valence-electron chi connectivity index (χ3n) is 5.45. The highest BCUT2D eigenvalue weighted by Gasteiger charge is 2.54. The van der Waals surface area contributed by atoms with E-state index in [1.54, 1.807) is 6.07 Å². The summed E-state index contributed by atoms with van der Waals surface area (Å²) in [5.41, 5.74) is 3.60. The van der Waals surface area contributed by atoms with E-state index in [2.05, 4.69) is 29.6 Å². The number of methoxy groups -OCH3 is 1. The molecular formula is C19H20N2O4S. The Kier molecular flexibility index (Phi) is 4.00. The molecule has 1 fully saturated rings. The first-order valence-corrected chi connectivity index (χ1v) is 10.0. The average Bonchev–Trinajstić information content (AvgIpc) is 3.16. The van der Waals surface area contributed by atoms with Crippen LogP contribution in [-0.2, 0) is 21.2 Å². The molecule has 2 aromatic carbocycles. The summed E-state index contributed by atoms with van der Waals surface area (Å²) in [6.45, 7) is 0.725. The van der Waals surface area contributed by atoms with Gasteiger partial charge in [0.1, 0.15) is 0 Å². The van der Waals surface area contributed by atoms with E-state index in [0.717, 1.165) is 13.0 Å². The summed E-state index contributed by atoms with van der Waals surface area (Å²) in [6, 6.07) is 12.8. The highest BCUT2D eigenvalue weighted by molar-refractivity contribution is 7.89. The quantitative estimate of drug-likeness (QED) is 0.784. The fraction of sp³-hybridized carbons (Fsp3) is 0.316. The van der Waals surface area contributed by atoms with Gasteiger partial charge in [0.15, 0.2) is 0 Å². The van der Waals surface area contributed by atoms with E-state index in [-0.39, 0.29) is 10.5 Å². The van der Waals surface area contributed by atoms with Crippen LogP contribution in [-0.4, -0.2) is 28.0 Å². The zero-order valence-corrected chi connectivity index (χ0v) is 15.1. The molecule has 1 saturated carbocycles. The molecule has 7 heteroatoms. The molecule has 0 heterocycles. The first-order valence-electron chi connectivity index (χ1n) is 8.47. The summed E-state index contributed by atoms with van der Waals surface area (Å²) < 4.78 is 27.8. The molecule has 2 aliphatic rings. The lowest BCUT2D eigenvalue weighted by Crippen LogP contribution is -2.16. The Bertz CT molecular complexity index is 987. The van der Waals surface area contributed by atoms with Gasteiger partial charge in [0.25, 0.3) is 0 Å². The standard InChI is InChI=1S/C19H20N2O4S/c1-25-19(22)15-9-12(26(20,23)24)6-7-17(15)21-10-16-14-8-11-4-2-3-5-13(11)18(14)16/h2-7,9,14,16,18,21H,8,10H2,1H3,(H2,20,23,24). The van der Waals surface area contributed by atoms with Crippen LogP contribution in [0.3, 0.4) is 0 Å². The maximum Gasteiger partial charge on any atom is 0.340 e. The van der Waals surface area contributed by atoms with Gasteiger partial charge in [-0.3, -0.25) is 0 Å². The second-order valence-corrected chi connectivity index (χ2v) is 8.44. The predicted molar refractivity (Wildman–Crippen MR) is 97.5 cm³/mol. The van der Waals surface area contributed by atoms with Gasteiger partial charge in [0, 0.05) is 12.2 Å². The van der Waals surface area contributed by atoms with Gasteiger partial charge in [-0.25, -0.2) is 18.4 Å². The molecule has 3 unspecified atom stereocenters. The van der Waals surface area contributed by atoms with E-state index in [4.69, 9.17) is 9.88 Å². The molecule has 0 aromatic heterocycles. The molecule has 0 spiro atoms. The van der Waals surface area contributed by atoms with Crippen molar-refractivity contribution in [1.82, 2.24) is 0 Å². The van der Waals surface area contributed by atoms with Gasteiger partial charge >= 0.3 is 5.97 Å². The molecule has 2 aliphatic carbocycles. The van der Waals surface area contributed by atoms with Crippen molar-refractivity contribution < 1.29 is 17.9 Å². The van der Waals surface area contributed by atoms with E-state index >= 15 is 0 Å². The second-order valence-electron chi connectivity index (χ2n) is 6.88. The molecule has 0 amide bonds. The second kappa shape index (κ2) is 6.10. The number of nitrogens with two attached hydrogens (primary N) is 1. The lowest BCUT2D eigenvalue weighted by Gasteiger charge is -2.13. The Morgan fingerprint density at radius 2 is 2.04 bits per heavy atom. The smallest absolute Gasteiger partial charge is 0.340 e. The normalized spacial score (nSPS) is 23.1. The minimum Gasteiger partial charge on any atom is -0.465 e. The van der Waals surface area contributed by atoms with Gasteiger partial charge in [-0.2, -0.15) is 0 Å². The van der Waals surface area contributed by atoms with Gasteiger partial charge in [0.05, 0.1) is 17.6 Å². The third-order valence-corrected chi connectivity index (χ3v) is 6.37. The van der Waals surface area contributed by atoms with Crippen LogP contribution in [0.1, 0.15) is 27.4 Å². The Balaban J connectivity index is 1.52. The molecule has 4 rings (SSSR count). The van der Waals surface area contributed by atoms with E-state index in [1.165, 1.54) is 30.4 Å². The number of esters is 1. The van der Waals surface area contributed by atoms with Crippen LogP contribution < -0.4 is 10.5 Å². The van der Waals surface area contributed by atoms with Gasteiger partial charge in [0.2, 0.25) is 10.0 Å². The molecule has 0 radical (unpaired) electrons. The SMILES string of the molecule is COC(=O)c1cc(S(N)(=O)=O)ccc1NCC1C2Cc3ccccc3C12. The van der Waals surface area contributed by atoms with Crippen LogP contribution in [0.25, 0.3) is 0 Å². The lowest BCUT2D eigenvalue weighted by atomic mass is 10.0. The first kappa shape index (κ1) is 17.1. The average molecular weight is 372 g/mol. The van der Waals surface area contributed by atoms with Crippen molar-refractivity contribution in [1.29, 1.82) is 0 Å². The third kappa shape index (κ3) is 2.87. The zero-order valence-electron chi connectivity index (χ0n) is 14.3. The number of anilines is 1. The number of primary sulfonamides is 1. The van der Waals surface area contributed by atoms with E-state index in [9.17, 15) is 13.2 Å². The van der Waals surface area contributed by atoms with Crippen molar-refractivity contribution in [2.24, 2.45) is 17.0 Å². The summed E-state index contributed by atoms with van der Waals surface area (Å²) in [6.07, 6.45) is 1.10. The molecule has 0 bridgehead atoms. The topological polar surface area (TPSA) is 98.5 Å². The highest BCUT2D eigenvalue weighted by Crippen LogP contribution is 2.61. The summed E-state index contributed by atoms with van der Waals surface area (Å²) in [5.74, 6) is 1.14. The molecule has 6 nitrogen and oxygen atoms in total. The number of sulfonamides is 1. The van der Waals surface area contributed by atoms with Crippen molar-refractivity contribution >= 4 is 21.7 Å². The van der Waals surface area contributed by atoms with Crippen molar-refractivity contribution in [3.8, 4) is 0 Å². The number of benzene rings is 2. The number of rotatable bonds is 5. The molecule has 0 aliphatic heterocycles. The molecular weight excluding hydrogens is 352 g/mol. The number of hydrogen-bond acceptors (Lipinski definition) is 5. The predicted octanol–water partition coefficient (Wildman–Crippen LogP) is 2.12. The van der Waals surface area contributed by atoms with Crippen LogP contribution in [0, 0.1) is 11.8 Å². The summed E-state index contributed by atoms with van der Waals surface area (Å²) in [5, 5.41) is 8.45. The van der Waals surface area contributed by atoms with Gasteiger partial charge in [-0.05, 0) is 53.5 Å². The Hall–Kier alpha value is -2.38. The molecule has 3 N–H and O–H groups in total. The largest absolute Gasteiger partial charge is 0.465 e. The van der Waals surface area contributed by atoms with Gasteiger partial charge in [-0.15, -0.1) is 0 Å². The van der Waals surface area contributed by atoms with E-state index in [0.29, 0.717) is 23.4 Å². The van der Waals surface area contributed by atoms with Gasteiger partial charge in [-0.1, -0.05) is 24.3 Å². The van der Waals surface area contributed by atoms with Gasteiger partial charge < -0.3 is 10.1 Å². The van der Waals surface area contributed by atoms with Crippen molar-refractivity contribution in [3.63, 3.8) is 0 Å². The number of ether oxygens (including phenoxy) is 1. The number of fused-ring (bicyclic) bond motifs is 3. The fourth-order valence-electron chi connectivity index (χ4n) is 4.12. The van der Waals surface area contributed by atoms with Crippen LogP contribution in [0.4, 0.5) is 5.69 Å². The van der Waals surface area contributed by atoms with Crippen molar-refractivity contribution in [3.05, 3.63) is 59.2 Å². The van der Waals surface area contributed by atoms with Crippen LogP contribution >= 0.6 is 0 Å². The summed E-state index contributed by atoms with van der Waals surface area (Å²) >= 11 is 0. The van der Waals surface area contributed by atoms with E-state index in [1.807, 2.05) is 0 Å².